The summed E-state index contributed by atoms with van der Waals surface area (Å²) >= 11 is 3.39. The maximum atomic E-state index is 5.41. The third-order valence-electron chi connectivity index (χ3n) is 1.89. The van der Waals surface area contributed by atoms with Gasteiger partial charge in [0.1, 0.15) is 0 Å². The molecule has 0 atom stereocenters. The van der Waals surface area contributed by atoms with Crippen LogP contribution in [0.15, 0.2) is 0 Å². The predicted octanol–water partition coefficient (Wildman–Crippen LogP) is 0.993. The van der Waals surface area contributed by atoms with Gasteiger partial charge in [-0.2, -0.15) is 0 Å². The highest BCUT2D eigenvalue weighted by atomic mass is 79.9. The summed E-state index contributed by atoms with van der Waals surface area (Å²) in [4.78, 5) is 2.22. The topological polar surface area (TPSA) is 30.9 Å². The van der Waals surface area contributed by atoms with E-state index in [2.05, 4.69) is 27.9 Å². The molecule has 0 radical (unpaired) electrons. The number of halogens is 1. The molecule has 0 aliphatic carbocycles. The Labute approximate surface area is 101 Å². The molecule has 0 aromatic carbocycles. The minimum atomic E-state index is 0.642. The molecule has 0 saturated heterocycles. The van der Waals surface area contributed by atoms with Gasteiger partial charge in [-0.3, -0.25) is 0 Å². The van der Waals surface area contributed by atoms with Gasteiger partial charge in [-0.25, -0.2) is 0 Å². The fraction of sp³-hybridized carbons (Fsp3) is 1.00. The Morgan fingerprint density at radius 1 is 0.933 bits per heavy atom. The Bertz CT molecular complexity index is 127. The monoisotopic (exact) mass is 283 g/mol. The molecule has 0 N–H and O–H groups in total. The average molecular weight is 284 g/mol. The number of hydrogen-bond donors (Lipinski definition) is 0. The van der Waals surface area contributed by atoms with Gasteiger partial charge in [0.25, 0.3) is 0 Å². The van der Waals surface area contributed by atoms with Crippen LogP contribution in [0, 0.1) is 0 Å². The molecule has 0 amide bonds. The average Bonchev–Trinajstić information content (AvgIpc) is 2.22. The minimum Gasteiger partial charge on any atom is -0.382 e. The van der Waals surface area contributed by atoms with Crippen molar-refractivity contribution in [3.63, 3.8) is 0 Å². The van der Waals surface area contributed by atoms with Crippen molar-refractivity contribution in [2.24, 2.45) is 0 Å². The summed E-state index contributed by atoms with van der Waals surface area (Å²) in [7, 11) is 3.75. The van der Waals surface area contributed by atoms with Crippen LogP contribution in [0.1, 0.15) is 0 Å². The molecule has 4 nitrogen and oxygen atoms in total. The maximum absolute atomic E-state index is 5.41. The molecule has 0 bridgehead atoms. The lowest BCUT2D eigenvalue weighted by Gasteiger charge is -2.14. The summed E-state index contributed by atoms with van der Waals surface area (Å²) in [5.74, 6) is 0. The fourth-order valence-electron chi connectivity index (χ4n) is 0.941. The van der Waals surface area contributed by atoms with Crippen molar-refractivity contribution in [2.45, 2.75) is 0 Å². The summed E-state index contributed by atoms with van der Waals surface area (Å²) in [6.07, 6.45) is 0. The summed E-state index contributed by atoms with van der Waals surface area (Å²) in [6, 6.07) is 0. The predicted molar refractivity (Wildman–Crippen MR) is 64.8 cm³/mol. The number of ether oxygens (including phenoxy) is 3. The van der Waals surface area contributed by atoms with Crippen molar-refractivity contribution in [3.8, 4) is 0 Å². The molecule has 0 saturated carbocycles. The van der Waals surface area contributed by atoms with E-state index in [4.69, 9.17) is 14.2 Å². The normalized spacial score (nSPS) is 11.2. The quantitative estimate of drug-likeness (QED) is 0.418. The van der Waals surface area contributed by atoms with Crippen LogP contribution in [0.2, 0.25) is 0 Å². The first-order valence-corrected chi connectivity index (χ1v) is 6.32. The summed E-state index contributed by atoms with van der Waals surface area (Å²) < 4.78 is 15.5. The van der Waals surface area contributed by atoms with E-state index in [1.807, 2.05) is 0 Å². The minimum absolute atomic E-state index is 0.642. The van der Waals surface area contributed by atoms with Crippen LogP contribution in [-0.2, 0) is 14.2 Å². The van der Waals surface area contributed by atoms with Gasteiger partial charge < -0.3 is 19.1 Å². The Morgan fingerprint density at radius 2 is 1.53 bits per heavy atom. The molecule has 0 unspecified atom stereocenters. The second kappa shape index (κ2) is 12.4. The Balaban J connectivity index is 2.98. The van der Waals surface area contributed by atoms with Gasteiger partial charge in [-0.1, -0.05) is 15.9 Å². The highest BCUT2D eigenvalue weighted by Gasteiger charge is 1.96. The molecule has 92 valence electrons. The van der Waals surface area contributed by atoms with E-state index >= 15 is 0 Å². The molecular weight excluding hydrogens is 262 g/mol. The zero-order valence-electron chi connectivity index (χ0n) is 9.71. The lowest BCUT2D eigenvalue weighted by Crippen LogP contribution is -2.25. The van der Waals surface area contributed by atoms with Crippen molar-refractivity contribution < 1.29 is 14.2 Å². The number of nitrogens with zero attached hydrogens (tertiary/aromatic N) is 1. The van der Waals surface area contributed by atoms with Crippen LogP contribution in [0.3, 0.4) is 0 Å². The van der Waals surface area contributed by atoms with E-state index in [-0.39, 0.29) is 0 Å². The highest BCUT2D eigenvalue weighted by Crippen LogP contribution is 1.87. The van der Waals surface area contributed by atoms with E-state index in [0.717, 1.165) is 25.0 Å². The molecule has 0 aliphatic rings. The first kappa shape index (κ1) is 15.3. The van der Waals surface area contributed by atoms with Gasteiger partial charge in [-0.15, -0.1) is 0 Å². The van der Waals surface area contributed by atoms with E-state index in [9.17, 15) is 0 Å². The zero-order chi connectivity index (χ0) is 11.4. The maximum Gasteiger partial charge on any atom is 0.0701 e. The van der Waals surface area contributed by atoms with Crippen LogP contribution >= 0.6 is 15.9 Å². The van der Waals surface area contributed by atoms with Gasteiger partial charge in [0.2, 0.25) is 0 Å². The van der Waals surface area contributed by atoms with Crippen molar-refractivity contribution >= 4 is 15.9 Å². The van der Waals surface area contributed by atoms with Crippen molar-refractivity contribution in [2.75, 3.05) is 65.6 Å². The number of hydrogen-bond acceptors (Lipinski definition) is 4. The smallest absolute Gasteiger partial charge is 0.0701 e. The third kappa shape index (κ3) is 12.3. The summed E-state index contributed by atoms with van der Waals surface area (Å²) in [5, 5.41) is 1.00. The number of likely N-dealkylation sites (N-methyl/N-ethyl adjacent to an activating group) is 1. The van der Waals surface area contributed by atoms with E-state index < -0.39 is 0 Å². The lowest BCUT2D eigenvalue weighted by molar-refractivity contribution is 0.0211. The van der Waals surface area contributed by atoms with Crippen molar-refractivity contribution in [3.05, 3.63) is 0 Å². The van der Waals surface area contributed by atoms with Gasteiger partial charge in [-0.05, 0) is 7.05 Å². The molecule has 0 aromatic heterocycles. The molecular formula is C10H22BrNO3. The van der Waals surface area contributed by atoms with Crippen molar-refractivity contribution in [1.82, 2.24) is 4.90 Å². The van der Waals surface area contributed by atoms with Crippen LogP contribution < -0.4 is 0 Å². The molecule has 0 spiro atoms. The standard InChI is InChI=1S/C10H22BrNO3/c1-12(4-3-11)5-6-14-9-10-15-8-7-13-2/h3-10H2,1-2H3. The largest absolute Gasteiger partial charge is 0.382 e. The first-order valence-electron chi connectivity index (χ1n) is 5.20. The van der Waals surface area contributed by atoms with Gasteiger partial charge >= 0.3 is 0 Å². The Hall–Kier alpha value is 0.320. The Kier molecular flexibility index (Phi) is 12.7. The number of rotatable bonds is 11. The molecule has 5 heteroatoms. The van der Waals surface area contributed by atoms with Gasteiger partial charge in [0.05, 0.1) is 33.0 Å². The van der Waals surface area contributed by atoms with E-state index in [1.165, 1.54) is 0 Å². The SMILES string of the molecule is COCCOCCOCCN(C)CCBr. The van der Waals surface area contributed by atoms with Crippen molar-refractivity contribution in [1.29, 1.82) is 0 Å². The fourth-order valence-corrected chi connectivity index (χ4v) is 1.55. The molecule has 0 fully saturated rings. The molecule has 0 aliphatic heterocycles. The first-order chi connectivity index (χ1) is 7.31. The third-order valence-corrected chi connectivity index (χ3v) is 2.24. The van der Waals surface area contributed by atoms with Crippen LogP contribution in [0.4, 0.5) is 0 Å². The summed E-state index contributed by atoms with van der Waals surface area (Å²) in [6.45, 7) is 5.36. The number of alkyl halides is 1. The number of methoxy groups -OCH3 is 1. The van der Waals surface area contributed by atoms with E-state index in [0.29, 0.717) is 26.4 Å². The van der Waals surface area contributed by atoms with E-state index in [1.54, 1.807) is 7.11 Å². The van der Waals surface area contributed by atoms with Gasteiger partial charge in [0.15, 0.2) is 0 Å². The lowest BCUT2D eigenvalue weighted by atomic mass is 10.5. The molecule has 0 heterocycles. The van der Waals surface area contributed by atoms with Gasteiger partial charge in [0, 0.05) is 25.5 Å². The summed E-state index contributed by atoms with van der Waals surface area (Å²) in [5.41, 5.74) is 0. The zero-order valence-corrected chi connectivity index (χ0v) is 11.3. The second-order valence-electron chi connectivity index (χ2n) is 3.21. The molecule has 0 rings (SSSR count). The van der Waals surface area contributed by atoms with Crippen LogP contribution in [0.25, 0.3) is 0 Å². The highest BCUT2D eigenvalue weighted by molar-refractivity contribution is 9.09. The second-order valence-corrected chi connectivity index (χ2v) is 4.00. The molecule has 15 heavy (non-hydrogen) atoms. The Morgan fingerprint density at radius 3 is 2.13 bits per heavy atom. The van der Waals surface area contributed by atoms with Crippen LogP contribution in [-0.4, -0.2) is 70.5 Å². The van der Waals surface area contributed by atoms with Crippen LogP contribution in [0.5, 0.6) is 0 Å². The molecule has 0 aromatic rings.